The van der Waals surface area contributed by atoms with Crippen LogP contribution in [-0.4, -0.2) is 50.1 Å². The lowest BCUT2D eigenvalue weighted by atomic mass is 10.1. The Morgan fingerprint density at radius 3 is 2.38 bits per heavy atom. The molecule has 1 aliphatic heterocycles. The first kappa shape index (κ1) is 17.6. The fourth-order valence-corrected chi connectivity index (χ4v) is 2.80. The molecule has 0 saturated carbocycles. The minimum atomic E-state index is -0.360. The Morgan fingerprint density at radius 2 is 1.81 bits per heavy atom. The number of nitrogens with one attached hydrogen (secondary N) is 2. The quantitative estimate of drug-likeness (QED) is 0.826. The van der Waals surface area contributed by atoms with E-state index < -0.39 is 0 Å². The van der Waals surface area contributed by atoms with Crippen LogP contribution in [0, 0.1) is 5.92 Å². The van der Waals surface area contributed by atoms with E-state index in [1.165, 1.54) is 17.3 Å². The van der Waals surface area contributed by atoms with Gasteiger partial charge >= 0.3 is 0 Å². The molecule has 2 heterocycles. The average molecular weight is 356 g/mol. The highest BCUT2D eigenvalue weighted by Gasteiger charge is 2.35. The van der Waals surface area contributed by atoms with Crippen LogP contribution in [0.3, 0.4) is 0 Å². The van der Waals surface area contributed by atoms with Gasteiger partial charge in [0.25, 0.3) is 5.91 Å². The molecule has 26 heavy (non-hydrogen) atoms. The molecule has 0 aliphatic carbocycles. The van der Waals surface area contributed by atoms with Crippen LogP contribution in [0.1, 0.15) is 30.6 Å². The molecule has 9 heteroatoms. The second-order valence-corrected chi connectivity index (χ2v) is 6.42. The highest BCUT2D eigenvalue weighted by atomic mass is 16.2. The van der Waals surface area contributed by atoms with Crippen LogP contribution in [-0.2, 0) is 9.59 Å². The first-order chi connectivity index (χ1) is 12.4. The molecule has 1 aromatic carbocycles. The van der Waals surface area contributed by atoms with Gasteiger partial charge in [-0.1, -0.05) is 0 Å². The molecule has 0 spiro atoms. The lowest BCUT2D eigenvalue weighted by Crippen LogP contribution is -2.33. The zero-order valence-electron chi connectivity index (χ0n) is 14.5. The molecule has 136 valence electrons. The van der Waals surface area contributed by atoms with Gasteiger partial charge in [-0.15, -0.1) is 10.2 Å². The van der Waals surface area contributed by atoms with Gasteiger partial charge in [-0.3, -0.25) is 19.8 Å². The van der Waals surface area contributed by atoms with E-state index in [0.717, 1.165) is 0 Å². The number of anilines is 1. The SMILES string of the molecule is CC(C)N1CC(C(=O)Nc2ccc(C(=O)Nn3cnnc3)cc2)CC1=O. The van der Waals surface area contributed by atoms with Crippen LogP contribution in [0.2, 0.25) is 0 Å². The molecule has 3 rings (SSSR count). The maximum absolute atomic E-state index is 12.4. The second kappa shape index (κ2) is 7.34. The Labute approximate surface area is 150 Å². The summed E-state index contributed by atoms with van der Waals surface area (Å²) < 4.78 is 1.34. The van der Waals surface area contributed by atoms with E-state index >= 15 is 0 Å². The smallest absolute Gasteiger partial charge is 0.270 e. The molecular weight excluding hydrogens is 336 g/mol. The number of likely N-dealkylation sites (tertiary alicyclic amines) is 1. The van der Waals surface area contributed by atoms with Crippen molar-refractivity contribution in [3.63, 3.8) is 0 Å². The van der Waals surface area contributed by atoms with Crippen molar-refractivity contribution in [1.82, 2.24) is 19.8 Å². The zero-order chi connectivity index (χ0) is 18.7. The lowest BCUT2D eigenvalue weighted by molar-refractivity contribution is -0.129. The van der Waals surface area contributed by atoms with Gasteiger partial charge in [-0.25, -0.2) is 4.68 Å². The zero-order valence-corrected chi connectivity index (χ0v) is 14.5. The molecule has 2 N–H and O–H groups in total. The van der Waals surface area contributed by atoms with Crippen molar-refractivity contribution in [2.75, 3.05) is 17.3 Å². The van der Waals surface area contributed by atoms with Gasteiger partial charge in [-0.2, -0.15) is 0 Å². The van der Waals surface area contributed by atoms with E-state index in [0.29, 0.717) is 17.8 Å². The Kier molecular flexibility index (Phi) is 4.97. The number of nitrogens with zero attached hydrogens (tertiary/aromatic N) is 4. The van der Waals surface area contributed by atoms with Crippen molar-refractivity contribution in [1.29, 1.82) is 0 Å². The fraction of sp³-hybridized carbons (Fsp3) is 0.353. The predicted octanol–water partition coefficient (Wildman–Crippen LogP) is 0.857. The molecule has 2 aromatic rings. The van der Waals surface area contributed by atoms with Gasteiger partial charge in [0, 0.05) is 30.3 Å². The Morgan fingerprint density at radius 1 is 1.15 bits per heavy atom. The third-order valence-electron chi connectivity index (χ3n) is 4.22. The van der Waals surface area contributed by atoms with Crippen molar-refractivity contribution >= 4 is 23.4 Å². The normalized spacial score (nSPS) is 16.8. The first-order valence-electron chi connectivity index (χ1n) is 8.30. The van der Waals surface area contributed by atoms with Crippen molar-refractivity contribution < 1.29 is 14.4 Å². The summed E-state index contributed by atoms with van der Waals surface area (Å²) in [6.45, 7) is 4.30. The first-order valence-corrected chi connectivity index (χ1v) is 8.30. The van der Waals surface area contributed by atoms with E-state index in [1.54, 1.807) is 29.2 Å². The highest BCUT2D eigenvalue weighted by Crippen LogP contribution is 2.22. The summed E-state index contributed by atoms with van der Waals surface area (Å²) in [5, 5.41) is 10.00. The van der Waals surface area contributed by atoms with Gasteiger partial charge in [0.05, 0.1) is 5.92 Å². The average Bonchev–Trinajstić information content (AvgIpc) is 3.25. The molecule has 1 aliphatic rings. The number of benzene rings is 1. The summed E-state index contributed by atoms with van der Waals surface area (Å²) in [7, 11) is 0. The predicted molar refractivity (Wildman–Crippen MR) is 93.7 cm³/mol. The summed E-state index contributed by atoms with van der Waals surface area (Å²) in [5.41, 5.74) is 3.59. The minimum absolute atomic E-state index is 0.00107. The third-order valence-corrected chi connectivity index (χ3v) is 4.22. The molecule has 0 radical (unpaired) electrons. The number of carbonyl (C=O) groups is 3. The number of amides is 3. The van der Waals surface area contributed by atoms with Crippen LogP contribution in [0.25, 0.3) is 0 Å². The van der Waals surface area contributed by atoms with Crippen molar-refractivity contribution in [3.05, 3.63) is 42.5 Å². The van der Waals surface area contributed by atoms with Crippen LogP contribution >= 0.6 is 0 Å². The maximum Gasteiger partial charge on any atom is 0.270 e. The van der Waals surface area contributed by atoms with Gasteiger partial charge in [0.1, 0.15) is 12.7 Å². The molecular formula is C17H20N6O3. The molecule has 0 bridgehead atoms. The van der Waals surface area contributed by atoms with Crippen molar-refractivity contribution in [2.45, 2.75) is 26.3 Å². The van der Waals surface area contributed by atoms with Gasteiger partial charge in [-0.05, 0) is 38.1 Å². The topological polar surface area (TPSA) is 109 Å². The Balaban J connectivity index is 1.58. The standard InChI is InChI=1S/C17H20N6O3/c1-11(2)23-8-13(7-15(23)24)16(25)20-14-5-3-12(4-6-14)17(26)21-22-9-18-19-10-22/h3-6,9-11,13H,7-8H2,1-2H3,(H,20,25)(H,21,26). The molecule has 9 nitrogen and oxygen atoms in total. The molecule has 1 unspecified atom stereocenters. The minimum Gasteiger partial charge on any atom is -0.339 e. The van der Waals surface area contributed by atoms with Gasteiger partial charge < -0.3 is 10.2 Å². The van der Waals surface area contributed by atoms with Crippen molar-refractivity contribution in [3.8, 4) is 0 Å². The van der Waals surface area contributed by atoms with Crippen LogP contribution < -0.4 is 10.7 Å². The molecule has 1 saturated heterocycles. The Hall–Kier alpha value is -3.23. The lowest BCUT2D eigenvalue weighted by Gasteiger charge is -2.20. The second-order valence-electron chi connectivity index (χ2n) is 6.42. The molecule has 1 atom stereocenters. The summed E-state index contributed by atoms with van der Waals surface area (Å²) in [6, 6.07) is 6.60. The number of carbonyl (C=O) groups excluding carboxylic acids is 3. The summed E-state index contributed by atoms with van der Waals surface area (Å²) in [4.78, 5) is 38.1. The number of aromatic nitrogens is 3. The van der Waals surface area contributed by atoms with Gasteiger partial charge in [0.15, 0.2) is 0 Å². The summed E-state index contributed by atoms with van der Waals surface area (Å²) in [5.74, 6) is -0.873. The van der Waals surface area contributed by atoms with Gasteiger partial charge in [0.2, 0.25) is 11.8 Å². The molecule has 1 fully saturated rings. The van der Waals surface area contributed by atoms with Crippen LogP contribution in [0.4, 0.5) is 5.69 Å². The summed E-state index contributed by atoms with van der Waals surface area (Å²) >= 11 is 0. The number of hydrogen-bond donors (Lipinski definition) is 2. The van der Waals surface area contributed by atoms with E-state index in [-0.39, 0.29) is 36.1 Å². The fourth-order valence-electron chi connectivity index (χ4n) is 2.80. The molecule has 3 amide bonds. The number of hydrogen-bond acceptors (Lipinski definition) is 5. The van der Waals surface area contributed by atoms with Crippen LogP contribution in [0.5, 0.6) is 0 Å². The Bertz CT molecular complexity index is 800. The van der Waals surface area contributed by atoms with E-state index in [9.17, 15) is 14.4 Å². The van der Waals surface area contributed by atoms with E-state index in [1.807, 2.05) is 13.8 Å². The van der Waals surface area contributed by atoms with E-state index in [2.05, 4.69) is 20.9 Å². The number of rotatable bonds is 5. The monoisotopic (exact) mass is 356 g/mol. The molecule has 1 aromatic heterocycles. The highest BCUT2D eigenvalue weighted by molar-refractivity contribution is 6.01. The maximum atomic E-state index is 12.4. The van der Waals surface area contributed by atoms with Crippen molar-refractivity contribution in [2.24, 2.45) is 5.92 Å². The van der Waals surface area contributed by atoms with Crippen LogP contribution in [0.15, 0.2) is 36.9 Å². The third kappa shape index (κ3) is 3.88. The summed E-state index contributed by atoms with van der Waals surface area (Å²) in [6.07, 6.45) is 2.97. The largest absolute Gasteiger partial charge is 0.339 e. The van der Waals surface area contributed by atoms with E-state index in [4.69, 9.17) is 0 Å².